The van der Waals surface area contributed by atoms with E-state index >= 15 is 0 Å². The van der Waals surface area contributed by atoms with Crippen LogP contribution in [0.25, 0.3) is 0 Å². The number of guanidine groups is 1. The van der Waals surface area contributed by atoms with Crippen LogP contribution in [0.5, 0.6) is 0 Å². The van der Waals surface area contributed by atoms with Crippen molar-refractivity contribution in [2.24, 2.45) is 16.7 Å². The first-order valence-electron chi connectivity index (χ1n) is 7.53. The third-order valence-corrected chi connectivity index (χ3v) is 3.84. The number of aryl methyl sites for hydroxylation is 1. The van der Waals surface area contributed by atoms with Crippen LogP contribution >= 0.6 is 11.9 Å². The molecule has 0 atom stereocenters. The molecule has 128 valence electrons. The summed E-state index contributed by atoms with van der Waals surface area (Å²) in [4.78, 5) is 11.5. The average molecular weight is 339 g/mol. The van der Waals surface area contributed by atoms with Crippen LogP contribution in [0.15, 0.2) is 34.3 Å². The smallest absolute Gasteiger partial charge is 0.303 e. The summed E-state index contributed by atoms with van der Waals surface area (Å²) in [6.07, 6.45) is 5.06. The number of hydrogen-bond donors (Lipinski definition) is 4. The summed E-state index contributed by atoms with van der Waals surface area (Å²) in [5.41, 5.74) is 6.91. The Balaban J connectivity index is 2.31. The van der Waals surface area contributed by atoms with Gasteiger partial charge in [-0.25, -0.2) is 11.0 Å². The normalized spacial score (nSPS) is 11.3. The summed E-state index contributed by atoms with van der Waals surface area (Å²) in [6, 6.07) is 8.19. The topological polar surface area (TPSA) is 117 Å². The molecule has 0 unspecified atom stereocenters. The van der Waals surface area contributed by atoms with Crippen molar-refractivity contribution in [1.82, 2.24) is 9.84 Å². The molecule has 0 radical (unpaired) electrons. The van der Waals surface area contributed by atoms with Crippen LogP contribution < -0.4 is 16.3 Å². The van der Waals surface area contributed by atoms with Crippen LogP contribution in [0.4, 0.5) is 0 Å². The lowest BCUT2D eigenvalue weighted by Gasteiger charge is -2.09. The second-order valence-electron chi connectivity index (χ2n) is 5.22. The largest absolute Gasteiger partial charge is 0.481 e. The highest BCUT2D eigenvalue weighted by atomic mass is 32.2. The minimum Gasteiger partial charge on any atom is -0.481 e. The molecule has 0 heterocycles. The Kier molecular flexibility index (Phi) is 8.93. The molecule has 7 nitrogen and oxygen atoms in total. The molecule has 0 fully saturated rings. The average Bonchev–Trinajstić information content (AvgIpc) is 2.48. The molecule has 0 saturated carbocycles. The van der Waals surface area contributed by atoms with E-state index in [1.165, 1.54) is 17.5 Å². The lowest BCUT2D eigenvalue weighted by molar-refractivity contribution is -0.137. The van der Waals surface area contributed by atoms with Crippen molar-refractivity contribution in [1.29, 1.82) is 0 Å². The number of benzene rings is 1. The number of aliphatic carboxylic acids is 1. The SMILES string of the molecule is CN(N)/N=C(\N)NSc1cccc(CCCCCCC(=O)O)c1. The number of nitrogens with two attached hydrogens (primary N) is 2. The number of hydrogen-bond acceptors (Lipinski definition) is 5. The highest BCUT2D eigenvalue weighted by molar-refractivity contribution is 7.98. The number of rotatable bonds is 10. The van der Waals surface area contributed by atoms with Gasteiger partial charge in [0.05, 0.1) is 0 Å². The van der Waals surface area contributed by atoms with E-state index in [0.717, 1.165) is 42.1 Å². The van der Waals surface area contributed by atoms with Gasteiger partial charge in [-0.15, -0.1) is 5.10 Å². The van der Waals surface area contributed by atoms with Gasteiger partial charge in [-0.05, 0) is 48.9 Å². The predicted octanol–water partition coefficient (Wildman–Crippen LogP) is 1.90. The maximum Gasteiger partial charge on any atom is 0.303 e. The van der Waals surface area contributed by atoms with E-state index in [-0.39, 0.29) is 12.4 Å². The molecule has 0 spiro atoms. The van der Waals surface area contributed by atoms with Crippen molar-refractivity contribution >= 4 is 23.9 Å². The van der Waals surface area contributed by atoms with Gasteiger partial charge < -0.3 is 10.8 Å². The minimum absolute atomic E-state index is 0.240. The molecule has 23 heavy (non-hydrogen) atoms. The van der Waals surface area contributed by atoms with Gasteiger partial charge in [0.25, 0.3) is 0 Å². The van der Waals surface area contributed by atoms with Crippen LogP contribution in [-0.2, 0) is 11.2 Å². The fourth-order valence-corrected chi connectivity index (χ4v) is 2.65. The van der Waals surface area contributed by atoms with E-state index in [0.29, 0.717) is 0 Å². The molecule has 0 aliphatic rings. The minimum atomic E-state index is -0.717. The first kappa shape index (κ1) is 19.1. The molecular formula is C15H25N5O2S. The van der Waals surface area contributed by atoms with Crippen LogP contribution in [0.3, 0.4) is 0 Å². The Morgan fingerprint density at radius 1 is 1.35 bits per heavy atom. The zero-order chi connectivity index (χ0) is 17.1. The fourth-order valence-electron chi connectivity index (χ4n) is 2.02. The summed E-state index contributed by atoms with van der Waals surface area (Å²) in [5, 5.41) is 13.6. The molecule has 1 rings (SSSR count). The summed E-state index contributed by atoms with van der Waals surface area (Å²) in [5.74, 6) is 4.90. The van der Waals surface area contributed by atoms with Crippen LogP contribution in [0, 0.1) is 0 Å². The van der Waals surface area contributed by atoms with E-state index < -0.39 is 5.97 Å². The summed E-state index contributed by atoms with van der Waals surface area (Å²) in [6.45, 7) is 0. The Morgan fingerprint density at radius 3 is 2.78 bits per heavy atom. The van der Waals surface area contributed by atoms with Gasteiger partial charge in [0, 0.05) is 18.4 Å². The van der Waals surface area contributed by atoms with E-state index in [2.05, 4.69) is 22.0 Å². The van der Waals surface area contributed by atoms with Gasteiger partial charge in [0.2, 0.25) is 5.96 Å². The second-order valence-corrected chi connectivity index (χ2v) is 6.10. The maximum absolute atomic E-state index is 10.4. The molecule has 1 aromatic carbocycles. The van der Waals surface area contributed by atoms with E-state index in [1.807, 2.05) is 12.1 Å². The van der Waals surface area contributed by atoms with Crippen LogP contribution in [-0.4, -0.2) is 29.2 Å². The first-order chi connectivity index (χ1) is 11.0. The van der Waals surface area contributed by atoms with Crippen LogP contribution in [0.2, 0.25) is 0 Å². The molecule has 0 saturated heterocycles. The van der Waals surface area contributed by atoms with Crippen molar-refractivity contribution in [3.05, 3.63) is 29.8 Å². The van der Waals surface area contributed by atoms with E-state index in [9.17, 15) is 4.79 Å². The van der Waals surface area contributed by atoms with Crippen molar-refractivity contribution < 1.29 is 9.90 Å². The number of unbranched alkanes of at least 4 members (excludes halogenated alkanes) is 3. The zero-order valence-electron chi connectivity index (χ0n) is 13.4. The highest BCUT2D eigenvalue weighted by Crippen LogP contribution is 2.18. The fraction of sp³-hybridized carbons (Fsp3) is 0.467. The van der Waals surface area contributed by atoms with Gasteiger partial charge in [-0.2, -0.15) is 0 Å². The first-order valence-corrected chi connectivity index (χ1v) is 8.35. The zero-order valence-corrected chi connectivity index (χ0v) is 14.2. The van der Waals surface area contributed by atoms with Crippen molar-refractivity contribution in [3.63, 3.8) is 0 Å². The third kappa shape index (κ3) is 9.64. The monoisotopic (exact) mass is 339 g/mol. The number of nitrogens with zero attached hydrogens (tertiary/aromatic N) is 2. The quantitative estimate of drug-likeness (QED) is 0.128. The molecule has 0 aliphatic carbocycles. The van der Waals surface area contributed by atoms with Gasteiger partial charge >= 0.3 is 5.97 Å². The Hall–Kier alpha value is -1.93. The van der Waals surface area contributed by atoms with Crippen LogP contribution in [0.1, 0.15) is 37.7 Å². The summed E-state index contributed by atoms with van der Waals surface area (Å²) < 4.78 is 2.92. The van der Waals surface area contributed by atoms with Crippen molar-refractivity contribution in [2.75, 3.05) is 7.05 Å². The summed E-state index contributed by atoms with van der Waals surface area (Å²) in [7, 11) is 1.59. The van der Waals surface area contributed by atoms with Gasteiger partial charge in [0.15, 0.2) is 0 Å². The maximum atomic E-state index is 10.4. The van der Waals surface area contributed by atoms with Crippen molar-refractivity contribution in [3.8, 4) is 0 Å². The molecule has 8 heteroatoms. The van der Waals surface area contributed by atoms with E-state index in [4.69, 9.17) is 16.7 Å². The lowest BCUT2D eigenvalue weighted by atomic mass is 10.1. The molecule has 1 aromatic rings. The molecule has 0 aromatic heterocycles. The molecule has 0 bridgehead atoms. The van der Waals surface area contributed by atoms with Gasteiger partial charge in [0.1, 0.15) is 0 Å². The second kappa shape index (κ2) is 10.7. The number of hydrazone groups is 1. The molecule has 0 amide bonds. The van der Waals surface area contributed by atoms with Gasteiger partial charge in [-0.3, -0.25) is 9.52 Å². The Bertz CT molecular complexity index is 522. The lowest BCUT2D eigenvalue weighted by Crippen LogP contribution is -2.31. The van der Waals surface area contributed by atoms with E-state index in [1.54, 1.807) is 7.05 Å². The van der Waals surface area contributed by atoms with Crippen molar-refractivity contribution in [2.45, 2.75) is 43.4 Å². The number of carbonyl (C=O) groups is 1. The highest BCUT2D eigenvalue weighted by Gasteiger charge is 2.00. The summed E-state index contributed by atoms with van der Waals surface area (Å²) >= 11 is 1.38. The van der Waals surface area contributed by atoms with Gasteiger partial charge in [-0.1, -0.05) is 25.0 Å². The number of carboxylic acids is 1. The molecule has 6 N–H and O–H groups in total. The Labute approximate surface area is 141 Å². The Morgan fingerprint density at radius 2 is 2.09 bits per heavy atom. The number of carboxylic acid groups (broad SMARTS) is 1. The number of nitrogens with one attached hydrogen (secondary N) is 1. The third-order valence-electron chi connectivity index (χ3n) is 3.04. The number of hydrazine groups is 1. The molecular weight excluding hydrogens is 314 g/mol. The standard InChI is InChI=1S/C15H25N5O2S/c1-20(17)18-15(16)19-23-13-9-6-8-12(11-13)7-4-2-3-5-10-14(21)22/h6,8-9,11H,2-5,7,10,17H2,1H3,(H,21,22)(H3,16,18,19). The molecule has 0 aliphatic heterocycles. The predicted molar refractivity (Wildman–Crippen MR) is 93.4 cm³/mol.